The number of aromatic amines is 1. The van der Waals surface area contributed by atoms with Gasteiger partial charge in [-0.25, -0.2) is 0 Å². The Bertz CT molecular complexity index is 562. The Labute approximate surface area is 103 Å². The van der Waals surface area contributed by atoms with E-state index >= 15 is 0 Å². The lowest BCUT2D eigenvalue weighted by atomic mass is 10.4. The number of amides is 1. The molecule has 2 aromatic heterocycles. The molecule has 16 heavy (non-hydrogen) atoms. The van der Waals surface area contributed by atoms with E-state index in [4.69, 9.17) is 0 Å². The van der Waals surface area contributed by atoms with E-state index in [1.165, 1.54) is 17.5 Å². The Morgan fingerprint density at radius 3 is 3.00 bits per heavy atom. The first kappa shape index (κ1) is 11.1. The van der Waals surface area contributed by atoms with E-state index in [1.54, 1.807) is 23.6 Å². The lowest BCUT2D eigenvalue weighted by Gasteiger charge is -2.02. The van der Waals surface area contributed by atoms with Crippen LogP contribution in [0, 0.1) is 0 Å². The minimum Gasteiger partial charge on any atom is -0.326 e. The smallest absolute Gasteiger partial charge is 0.271 e. The van der Waals surface area contributed by atoms with Crippen LogP contribution in [-0.2, 0) is 0 Å². The van der Waals surface area contributed by atoms with Crippen molar-refractivity contribution in [1.82, 2.24) is 4.98 Å². The van der Waals surface area contributed by atoms with E-state index in [1.807, 2.05) is 0 Å². The summed E-state index contributed by atoms with van der Waals surface area (Å²) in [5.74, 6) is -0.279. The molecule has 0 unspecified atom stereocenters. The molecule has 0 bridgehead atoms. The Morgan fingerprint density at radius 2 is 2.31 bits per heavy atom. The third-order valence-electron chi connectivity index (χ3n) is 1.86. The maximum Gasteiger partial charge on any atom is 0.271 e. The molecule has 2 rings (SSSR count). The van der Waals surface area contributed by atoms with Gasteiger partial charge in [0.05, 0.1) is 4.88 Å². The van der Waals surface area contributed by atoms with Gasteiger partial charge in [-0.1, -0.05) is 6.07 Å². The fourth-order valence-corrected chi connectivity index (χ4v) is 2.10. The van der Waals surface area contributed by atoms with Crippen LogP contribution < -0.4 is 10.9 Å². The van der Waals surface area contributed by atoms with Gasteiger partial charge in [-0.15, -0.1) is 11.3 Å². The van der Waals surface area contributed by atoms with Crippen molar-refractivity contribution in [3.63, 3.8) is 0 Å². The van der Waals surface area contributed by atoms with Crippen molar-refractivity contribution in [1.29, 1.82) is 0 Å². The van der Waals surface area contributed by atoms with Crippen molar-refractivity contribution >= 4 is 38.9 Å². The van der Waals surface area contributed by atoms with Crippen LogP contribution in [0.3, 0.4) is 0 Å². The zero-order chi connectivity index (χ0) is 11.5. The fourth-order valence-electron chi connectivity index (χ4n) is 1.14. The highest BCUT2D eigenvalue weighted by atomic mass is 79.9. The van der Waals surface area contributed by atoms with E-state index in [0.29, 0.717) is 9.35 Å². The first-order valence-corrected chi connectivity index (χ1v) is 6.07. The van der Waals surface area contributed by atoms with Crippen molar-refractivity contribution in [3.8, 4) is 0 Å². The predicted octanol–water partition coefficient (Wildman–Crippen LogP) is 2.45. The summed E-state index contributed by atoms with van der Waals surface area (Å²) in [6.45, 7) is 0. The Morgan fingerprint density at radius 1 is 1.50 bits per heavy atom. The van der Waals surface area contributed by atoms with Gasteiger partial charge >= 0.3 is 0 Å². The molecule has 1 amide bonds. The number of hydrogen-bond acceptors (Lipinski definition) is 3. The van der Waals surface area contributed by atoms with Crippen molar-refractivity contribution in [2.24, 2.45) is 0 Å². The molecule has 0 atom stereocenters. The number of rotatable bonds is 2. The summed E-state index contributed by atoms with van der Waals surface area (Å²) < 4.78 is 0.702. The molecule has 4 nitrogen and oxygen atoms in total. The van der Waals surface area contributed by atoms with E-state index in [0.717, 1.165) is 0 Å². The van der Waals surface area contributed by atoms with E-state index in [9.17, 15) is 9.59 Å². The van der Waals surface area contributed by atoms with E-state index in [2.05, 4.69) is 26.2 Å². The number of hydrogen-bond donors (Lipinski definition) is 2. The topological polar surface area (TPSA) is 62.0 Å². The molecular weight excluding hydrogens is 292 g/mol. The van der Waals surface area contributed by atoms with Crippen molar-refractivity contribution in [2.45, 2.75) is 0 Å². The molecular formula is C10H7BrN2O2S. The molecule has 0 saturated heterocycles. The van der Waals surface area contributed by atoms with Crippen LogP contribution in [0.15, 0.2) is 39.0 Å². The first-order valence-electron chi connectivity index (χ1n) is 4.40. The monoisotopic (exact) mass is 298 g/mol. The minimum atomic E-state index is -0.326. The third-order valence-corrected chi connectivity index (χ3v) is 3.19. The standard InChI is InChI=1S/C10H7BrN2O2S/c11-6-4-7(9(14)12-5-6)13-10(15)8-2-1-3-16-8/h1-5H,(H,12,14)(H,13,15). The van der Waals surface area contributed by atoms with Crippen LogP contribution >= 0.6 is 27.3 Å². The van der Waals surface area contributed by atoms with Crippen molar-refractivity contribution in [2.75, 3.05) is 5.32 Å². The molecule has 2 N–H and O–H groups in total. The molecule has 0 aliphatic heterocycles. The lowest BCUT2D eigenvalue weighted by Crippen LogP contribution is -2.18. The van der Waals surface area contributed by atoms with Crippen LogP contribution in [0.25, 0.3) is 0 Å². The van der Waals surface area contributed by atoms with Gasteiger partial charge in [-0.2, -0.15) is 0 Å². The van der Waals surface area contributed by atoms with Crippen LogP contribution in [0.4, 0.5) is 5.69 Å². The number of thiophene rings is 1. The molecule has 0 spiro atoms. The van der Waals surface area contributed by atoms with Crippen molar-refractivity contribution in [3.05, 3.63) is 49.5 Å². The van der Waals surface area contributed by atoms with Crippen LogP contribution in [0.5, 0.6) is 0 Å². The van der Waals surface area contributed by atoms with Gasteiger partial charge in [0.25, 0.3) is 11.5 Å². The molecule has 0 aliphatic rings. The van der Waals surface area contributed by atoms with Gasteiger partial charge in [0.15, 0.2) is 0 Å². The number of aromatic nitrogens is 1. The van der Waals surface area contributed by atoms with Crippen LogP contribution in [0.2, 0.25) is 0 Å². The SMILES string of the molecule is O=C(Nc1cc(Br)c[nH]c1=O)c1cccs1. The number of H-pyrrole nitrogens is 1. The fraction of sp³-hybridized carbons (Fsp3) is 0. The average Bonchev–Trinajstić information content (AvgIpc) is 2.76. The van der Waals surface area contributed by atoms with Gasteiger partial charge in [0.2, 0.25) is 0 Å². The second-order valence-corrected chi connectivity index (χ2v) is 4.86. The summed E-state index contributed by atoms with van der Waals surface area (Å²) in [7, 11) is 0. The van der Waals surface area contributed by atoms with Crippen LogP contribution in [0.1, 0.15) is 9.67 Å². The quantitative estimate of drug-likeness (QED) is 0.894. The van der Waals surface area contributed by atoms with Gasteiger partial charge in [-0.3, -0.25) is 9.59 Å². The Hall–Kier alpha value is -1.40. The molecule has 2 heterocycles. The number of pyridine rings is 1. The third kappa shape index (κ3) is 2.40. The Kier molecular flexibility index (Phi) is 3.21. The molecule has 0 aliphatic carbocycles. The summed E-state index contributed by atoms with van der Waals surface area (Å²) in [5, 5.41) is 4.36. The van der Waals surface area contributed by atoms with Crippen molar-refractivity contribution < 1.29 is 4.79 Å². The van der Waals surface area contributed by atoms with Gasteiger partial charge in [0, 0.05) is 10.7 Å². The second kappa shape index (κ2) is 4.63. The number of carbonyl (C=O) groups excluding carboxylic acids is 1. The Balaban J connectivity index is 2.25. The molecule has 0 aromatic carbocycles. The highest BCUT2D eigenvalue weighted by Gasteiger charge is 2.09. The number of nitrogens with one attached hydrogen (secondary N) is 2. The predicted molar refractivity (Wildman–Crippen MR) is 67.0 cm³/mol. The molecule has 0 saturated carbocycles. The van der Waals surface area contributed by atoms with Crippen LogP contribution in [-0.4, -0.2) is 10.9 Å². The molecule has 0 radical (unpaired) electrons. The summed E-state index contributed by atoms with van der Waals surface area (Å²) in [4.78, 5) is 26.1. The molecule has 6 heteroatoms. The first-order chi connectivity index (χ1) is 7.66. The van der Waals surface area contributed by atoms with E-state index in [-0.39, 0.29) is 17.2 Å². The molecule has 2 aromatic rings. The number of anilines is 1. The van der Waals surface area contributed by atoms with E-state index < -0.39 is 0 Å². The summed E-state index contributed by atoms with van der Waals surface area (Å²) in [5.41, 5.74) is -0.0964. The maximum absolute atomic E-state index is 11.7. The summed E-state index contributed by atoms with van der Waals surface area (Å²) in [6.07, 6.45) is 1.52. The summed E-state index contributed by atoms with van der Waals surface area (Å²) >= 11 is 4.54. The normalized spacial score (nSPS) is 10.1. The zero-order valence-corrected chi connectivity index (χ0v) is 10.4. The molecule has 0 fully saturated rings. The highest BCUT2D eigenvalue weighted by molar-refractivity contribution is 9.10. The number of carbonyl (C=O) groups is 1. The molecule has 82 valence electrons. The largest absolute Gasteiger partial charge is 0.326 e. The average molecular weight is 299 g/mol. The number of halogens is 1. The van der Waals surface area contributed by atoms with Gasteiger partial charge in [-0.05, 0) is 33.4 Å². The second-order valence-electron chi connectivity index (χ2n) is 2.99. The van der Waals surface area contributed by atoms with Gasteiger partial charge < -0.3 is 10.3 Å². The zero-order valence-electron chi connectivity index (χ0n) is 7.99. The lowest BCUT2D eigenvalue weighted by molar-refractivity contribution is 0.103. The van der Waals surface area contributed by atoms with Gasteiger partial charge in [0.1, 0.15) is 5.69 Å². The minimum absolute atomic E-state index is 0.229. The highest BCUT2D eigenvalue weighted by Crippen LogP contribution is 2.13. The maximum atomic E-state index is 11.7. The summed E-state index contributed by atoms with van der Waals surface area (Å²) in [6, 6.07) is 5.04.